The van der Waals surface area contributed by atoms with E-state index in [1.807, 2.05) is 11.9 Å². The molecule has 0 aromatic heterocycles. The fraction of sp³-hybridized carbons (Fsp3) is 0.467. The van der Waals surface area contributed by atoms with Crippen LogP contribution in [0.3, 0.4) is 0 Å². The van der Waals surface area contributed by atoms with Crippen LogP contribution in [0.1, 0.15) is 17.5 Å². The number of likely N-dealkylation sites (N-methyl/N-ethyl adjacent to an activating group) is 1. The molecule has 1 aromatic rings. The lowest BCUT2D eigenvalue weighted by Gasteiger charge is -2.37. The van der Waals surface area contributed by atoms with Crippen molar-refractivity contribution < 1.29 is 22.7 Å². The predicted octanol–water partition coefficient (Wildman–Crippen LogP) is 1.17. The number of nitrogens with one attached hydrogen (secondary N) is 2. The summed E-state index contributed by atoms with van der Waals surface area (Å²) in [7, 11) is 1.91. The maximum Gasteiger partial charge on any atom is 0.419 e. The van der Waals surface area contributed by atoms with Crippen LogP contribution in [0, 0.1) is 0 Å². The highest BCUT2D eigenvalue weighted by Gasteiger charge is 2.36. The highest BCUT2D eigenvalue weighted by Crippen LogP contribution is 2.37. The Labute approximate surface area is 136 Å². The zero-order valence-corrected chi connectivity index (χ0v) is 13.0. The van der Waals surface area contributed by atoms with Gasteiger partial charge in [-0.1, -0.05) is 0 Å². The molecule has 1 atom stereocenters. The van der Waals surface area contributed by atoms with Crippen molar-refractivity contribution in [2.45, 2.75) is 18.6 Å². The van der Waals surface area contributed by atoms with E-state index in [1.165, 1.54) is 12.1 Å². The van der Waals surface area contributed by atoms with Gasteiger partial charge in [0, 0.05) is 11.6 Å². The Morgan fingerprint density at radius 2 is 2.21 bits per heavy atom. The number of amides is 1. The van der Waals surface area contributed by atoms with Gasteiger partial charge < -0.3 is 10.1 Å². The van der Waals surface area contributed by atoms with Crippen molar-refractivity contribution in [2.24, 2.45) is 5.10 Å². The molecule has 1 amide bonds. The number of carbonyl (C=O) groups is 1. The number of amidine groups is 1. The highest BCUT2D eigenvalue weighted by molar-refractivity contribution is 6.03. The summed E-state index contributed by atoms with van der Waals surface area (Å²) in [4.78, 5) is 13.1. The van der Waals surface area contributed by atoms with Crippen LogP contribution >= 0.6 is 0 Å². The van der Waals surface area contributed by atoms with Crippen molar-refractivity contribution in [3.63, 3.8) is 0 Å². The second-order valence-electron chi connectivity index (χ2n) is 5.79. The predicted molar refractivity (Wildman–Crippen MR) is 80.7 cm³/mol. The molecule has 1 saturated heterocycles. The van der Waals surface area contributed by atoms with Gasteiger partial charge in [0.25, 0.3) is 5.91 Å². The van der Waals surface area contributed by atoms with Gasteiger partial charge in [-0.05, 0) is 38.2 Å². The normalized spacial score (nSPS) is 21.4. The second kappa shape index (κ2) is 6.31. The van der Waals surface area contributed by atoms with Gasteiger partial charge in [-0.2, -0.15) is 18.3 Å². The average Bonchev–Trinajstić information content (AvgIpc) is 2.53. The van der Waals surface area contributed by atoms with Crippen LogP contribution in [-0.2, 0) is 11.0 Å². The second-order valence-corrected chi connectivity index (χ2v) is 5.79. The van der Waals surface area contributed by atoms with E-state index in [0.717, 1.165) is 19.0 Å². The topological polar surface area (TPSA) is 66.0 Å². The number of nitrogens with zero attached hydrogens (tertiary/aromatic N) is 2. The van der Waals surface area contributed by atoms with Crippen LogP contribution in [0.25, 0.3) is 0 Å². The van der Waals surface area contributed by atoms with E-state index in [0.29, 0.717) is 0 Å². The SMILES string of the molecule is CN1CCC1COc1ccc(C2=NNC(=O)CN2)cc1C(F)(F)F. The first kappa shape index (κ1) is 16.6. The van der Waals surface area contributed by atoms with Crippen LogP contribution < -0.4 is 15.5 Å². The fourth-order valence-corrected chi connectivity index (χ4v) is 2.52. The number of carbonyl (C=O) groups excluding carboxylic acids is 1. The van der Waals surface area contributed by atoms with Gasteiger partial charge in [0.05, 0.1) is 12.1 Å². The Kier molecular flexibility index (Phi) is 4.35. The molecule has 0 saturated carbocycles. The number of hydrogen-bond donors (Lipinski definition) is 2. The minimum atomic E-state index is -4.55. The number of ether oxygens (including phenoxy) is 1. The molecule has 6 nitrogen and oxygen atoms in total. The summed E-state index contributed by atoms with van der Waals surface area (Å²) in [6.45, 7) is 1.11. The molecule has 0 aliphatic carbocycles. The number of alkyl halides is 3. The van der Waals surface area contributed by atoms with Crippen molar-refractivity contribution in [1.29, 1.82) is 0 Å². The Bertz CT molecular complexity index is 675. The first-order valence-corrected chi connectivity index (χ1v) is 7.49. The minimum Gasteiger partial charge on any atom is -0.491 e. The summed E-state index contributed by atoms with van der Waals surface area (Å²) in [5.41, 5.74) is 1.61. The van der Waals surface area contributed by atoms with Gasteiger partial charge in [-0.25, -0.2) is 5.43 Å². The third-order valence-electron chi connectivity index (χ3n) is 4.14. The number of halogens is 3. The highest BCUT2D eigenvalue weighted by atomic mass is 19.4. The molecule has 0 spiro atoms. The smallest absolute Gasteiger partial charge is 0.419 e. The van der Waals surface area contributed by atoms with E-state index < -0.39 is 11.7 Å². The molecule has 24 heavy (non-hydrogen) atoms. The van der Waals surface area contributed by atoms with E-state index in [4.69, 9.17) is 4.74 Å². The average molecular weight is 342 g/mol. The molecule has 0 bridgehead atoms. The number of likely N-dealkylation sites (tertiary alicyclic amines) is 1. The zero-order valence-electron chi connectivity index (χ0n) is 13.0. The maximum absolute atomic E-state index is 13.3. The first-order chi connectivity index (χ1) is 11.3. The van der Waals surface area contributed by atoms with Crippen LogP contribution in [-0.4, -0.2) is 49.4 Å². The molecule has 9 heteroatoms. The molecule has 2 heterocycles. The van der Waals surface area contributed by atoms with Crippen LogP contribution in [0.2, 0.25) is 0 Å². The fourth-order valence-electron chi connectivity index (χ4n) is 2.52. The van der Waals surface area contributed by atoms with Crippen molar-refractivity contribution >= 4 is 11.7 Å². The first-order valence-electron chi connectivity index (χ1n) is 7.49. The number of hydrazone groups is 1. The molecule has 130 valence electrons. The summed E-state index contributed by atoms with van der Waals surface area (Å²) in [5, 5.41) is 6.41. The molecule has 1 fully saturated rings. The lowest BCUT2D eigenvalue weighted by Crippen LogP contribution is -2.48. The monoisotopic (exact) mass is 342 g/mol. The van der Waals surface area contributed by atoms with Gasteiger partial charge in [0.15, 0.2) is 5.84 Å². The lowest BCUT2D eigenvalue weighted by atomic mass is 10.1. The minimum absolute atomic E-state index is 0.0353. The Balaban J connectivity index is 1.82. The standard InChI is InChI=1S/C15H17F3N4O2/c1-22-5-4-10(22)8-24-12-3-2-9(6-11(12)15(16,17)18)14-19-7-13(23)20-21-14/h2-3,6,10H,4-5,7-8H2,1H3,(H,19,21)(H,20,23). The molecule has 3 rings (SSSR count). The zero-order chi connectivity index (χ0) is 17.3. The van der Waals surface area contributed by atoms with Gasteiger partial charge in [0.2, 0.25) is 0 Å². The van der Waals surface area contributed by atoms with Crippen molar-refractivity contribution in [3.05, 3.63) is 29.3 Å². The molecule has 0 radical (unpaired) electrons. The Hall–Kier alpha value is -2.29. The third-order valence-corrected chi connectivity index (χ3v) is 4.14. The van der Waals surface area contributed by atoms with Gasteiger partial charge >= 0.3 is 6.18 Å². The summed E-state index contributed by atoms with van der Waals surface area (Å²) < 4.78 is 45.4. The van der Waals surface area contributed by atoms with Gasteiger partial charge in [-0.15, -0.1) is 0 Å². The molecule has 2 aliphatic heterocycles. The molecular weight excluding hydrogens is 325 g/mol. The molecule has 1 aromatic carbocycles. The number of rotatable bonds is 4. The van der Waals surface area contributed by atoms with Gasteiger partial charge in [-0.3, -0.25) is 9.69 Å². The summed E-state index contributed by atoms with van der Waals surface area (Å²) in [6.07, 6.45) is -3.63. The summed E-state index contributed by atoms with van der Waals surface area (Å²) in [6, 6.07) is 3.89. The van der Waals surface area contributed by atoms with Crippen molar-refractivity contribution in [2.75, 3.05) is 26.7 Å². The molecule has 2 N–H and O–H groups in total. The Morgan fingerprint density at radius 3 is 2.75 bits per heavy atom. The van der Waals surface area contributed by atoms with Crippen molar-refractivity contribution in [1.82, 2.24) is 15.6 Å². The molecular formula is C15H17F3N4O2. The van der Waals surface area contributed by atoms with Crippen LogP contribution in [0.5, 0.6) is 5.75 Å². The van der Waals surface area contributed by atoms with E-state index in [1.54, 1.807) is 0 Å². The van der Waals surface area contributed by atoms with E-state index >= 15 is 0 Å². The largest absolute Gasteiger partial charge is 0.491 e. The summed E-state index contributed by atoms with van der Waals surface area (Å²) in [5.74, 6) is -0.364. The summed E-state index contributed by atoms with van der Waals surface area (Å²) >= 11 is 0. The van der Waals surface area contributed by atoms with Crippen LogP contribution in [0.15, 0.2) is 23.3 Å². The van der Waals surface area contributed by atoms with Crippen LogP contribution in [0.4, 0.5) is 13.2 Å². The van der Waals surface area contributed by atoms with Crippen molar-refractivity contribution in [3.8, 4) is 5.75 Å². The third kappa shape index (κ3) is 3.45. The number of hydrogen-bond acceptors (Lipinski definition) is 5. The quantitative estimate of drug-likeness (QED) is 0.862. The molecule has 2 aliphatic rings. The van der Waals surface area contributed by atoms with E-state index in [-0.39, 0.29) is 42.2 Å². The van der Waals surface area contributed by atoms with Gasteiger partial charge in [0.1, 0.15) is 12.4 Å². The number of benzene rings is 1. The maximum atomic E-state index is 13.3. The Morgan fingerprint density at radius 1 is 1.42 bits per heavy atom. The van der Waals surface area contributed by atoms with E-state index in [9.17, 15) is 18.0 Å². The van der Waals surface area contributed by atoms with E-state index in [2.05, 4.69) is 15.8 Å². The molecule has 1 unspecified atom stereocenters. The lowest BCUT2D eigenvalue weighted by molar-refractivity contribution is -0.139.